The average Bonchev–Trinajstić information content (AvgIpc) is 3.15. The first-order chi connectivity index (χ1) is 12.6. The summed E-state index contributed by atoms with van der Waals surface area (Å²) in [5, 5.41) is 7.01. The highest BCUT2D eigenvalue weighted by Crippen LogP contribution is 2.13. The van der Waals surface area contributed by atoms with E-state index < -0.39 is 11.9 Å². The molecule has 0 unspecified atom stereocenters. The Hall–Kier alpha value is -3.41. The van der Waals surface area contributed by atoms with Crippen molar-refractivity contribution in [2.75, 3.05) is 0 Å². The van der Waals surface area contributed by atoms with Gasteiger partial charge in [-0.1, -0.05) is 48.5 Å². The van der Waals surface area contributed by atoms with Crippen molar-refractivity contribution in [3.05, 3.63) is 84.2 Å². The van der Waals surface area contributed by atoms with Crippen LogP contribution in [0.5, 0.6) is 0 Å². The predicted octanol–water partition coefficient (Wildman–Crippen LogP) is 2.15. The van der Waals surface area contributed by atoms with E-state index in [1.165, 1.54) is 0 Å². The summed E-state index contributed by atoms with van der Waals surface area (Å²) in [6.07, 6.45) is 4.41. The van der Waals surface area contributed by atoms with Gasteiger partial charge < -0.3 is 11.1 Å². The molecule has 3 rings (SSSR count). The molecule has 0 saturated carbocycles. The minimum atomic E-state index is -0.823. The number of nitrogens with two attached hydrogens (primary N) is 1. The number of hydrogen-bond acceptors (Lipinski definition) is 3. The number of rotatable bonds is 7. The first-order valence-electron chi connectivity index (χ1n) is 8.36. The van der Waals surface area contributed by atoms with Gasteiger partial charge in [-0.25, -0.2) is 4.68 Å². The number of nitrogens with zero attached hydrogens (tertiary/aromatic N) is 2. The molecule has 0 fully saturated rings. The van der Waals surface area contributed by atoms with Crippen LogP contribution in [0, 0.1) is 0 Å². The third-order valence-corrected chi connectivity index (χ3v) is 4.02. The van der Waals surface area contributed by atoms with Crippen LogP contribution in [-0.4, -0.2) is 21.6 Å². The predicted molar refractivity (Wildman–Crippen MR) is 98.4 cm³/mol. The van der Waals surface area contributed by atoms with Crippen LogP contribution in [0.2, 0.25) is 0 Å². The first-order valence-corrected chi connectivity index (χ1v) is 8.36. The number of nitrogens with one attached hydrogen (secondary N) is 1. The molecule has 0 bridgehead atoms. The van der Waals surface area contributed by atoms with Gasteiger partial charge in [-0.15, -0.1) is 0 Å². The van der Waals surface area contributed by atoms with Gasteiger partial charge in [0.1, 0.15) is 6.04 Å². The maximum atomic E-state index is 12.2. The fourth-order valence-corrected chi connectivity index (χ4v) is 2.67. The summed E-state index contributed by atoms with van der Waals surface area (Å²) in [7, 11) is 0. The smallest absolute Gasteiger partial charge is 0.244 e. The van der Waals surface area contributed by atoms with Gasteiger partial charge in [0.05, 0.1) is 11.9 Å². The average molecular weight is 348 g/mol. The van der Waals surface area contributed by atoms with Crippen molar-refractivity contribution < 1.29 is 9.59 Å². The van der Waals surface area contributed by atoms with Crippen LogP contribution in [0.15, 0.2) is 73.1 Å². The minimum Gasteiger partial charge on any atom is -0.368 e. The molecule has 26 heavy (non-hydrogen) atoms. The lowest BCUT2D eigenvalue weighted by atomic mass is 10.1. The van der Waals surface area contributed by atoms with Crippen molar-refractivity contribution >= 4 is 11.8 Å². The van der Waals surface area contributed by atoms with Gasteiger partial charge in [0.25, 0.3) is 0 Å². The van der Waals surface area contributed by atoms with E-state index in [1.54, 1.807) is 35.1 Å². The van der Waals surface area contributed by atoms with E-state index in [-0.39, 0.29) is 12.3 Å². The van der Waals surface area contributed by atoms with Crippen molar-refractivity contribution in [2.45, 2.75) is 18.9 Å². The molecule has 3 aromatic rings. The molecular formula is C20H20N4O2. The Morgan fingerprint density at radius 2 is 1.69 bits per heavy atom. The summed E-state index contributed by atoms with van der Waals surface area (Å²) >= 11 is 0. The first kappa shape index (κ1) is 17.4. The minimum absolute atomic E-state index is 0.231. The Morgan fingerprint density at radius 1 is 1.04 bits per heavy atom. The molecular weight excluding hydrogens is 328 g/mol. The van der Waals surface area contributed by atoms with Gasteiger partial charge in [-0.3, -0.25) is 9.59 Å². The molecule has 3 N–H and O–H groups in total. The molecule has 1 heterocycles. The number of hydrogen-bond donors (Lipinski definition) is 2. The number of para-hydroxylation sites is 1. The molecule has 0 spiro atoms. The SMILES string of the molecule is NC(=O)[C@@H](NC(=O)CCc1cnn(-c2ccccc2)c1)c1ccccc1. The maximum absolute atomic E-state index is 12.2. The molecule has 2 aromatic carbocycles. The number of benzene rings is 2. The van der Waals surface area contributed by atoms with E-state index in [1.807, 2.05) is 42.6 Å². The Morgan fingerprint density at radius 3 is 2.35 bits per heavy atom. The maximum Gasteiger partial charge on any atom is 0.244 e. The molecule has 1 aromatic heterocycles. The van der Waals surface area contributed by atoms with Crippen LogP contribution in [0.25, 0.3) is 5.69 Å². The fourth-order valence-electron chi connectivity index (χ4n) is 2.67. The van der Waals surface area contributed by atoms with E-state index in [4.69, 9.17) is 5.73 Å². The number of carbonyl (C=O) groups is 2. The van der Waals surface area contributed by atoms with Gasteiger partial charge >= 0.3 is 0 Å². The molecule has 0 saturated heterocycles. The Balaban J connectivity index is 1.59. The van der Waals surface area contributed by atoms with E-state index in [2.05, 4.69) is 10.4 Å². The molecule has 2 amide bonds. The number of primary amides is 1. The number of carbonyl (C=O) groups excluding carboxylic acids is 2. The Kier molecular flexibility index (Phi) is 5.43. The van der Waals surface area contributed by atoms with Gasteiger partial charge in [-0.2, -0.15) is 5.10 Å². The number of aryl methyl sites for hydroxylation is 1. The lowest BCUT2D eigenvalue weighted by Crippen LogP contribution is -2.37. The summed E-state index contributed by atoms with van der Waals surface area (Å²) in [6, 6.07) is 17.9. The van der Waals surface area contributed by atoms with Crippen molar-refractivity contribution in [2.24, 2.45) is 5.73 Å². The molecule has 0 aliphatic rings. The third-order valence-electron chi connectivity index (χ3n) is 4.02. The molecule has 6 nitrogen and oxygen atoms in total. The standard InChI is InChI=1S/C20H20N4O2/c21-20(26)19(16-7-3-1-4-8-16)23-18(25)12-11-15-13-22-24(14-15)17-9-5-2-6-10-17/h1-10,13-14,19H,11-12H2,(H2,21,26)(H,23,25)/t19-/m0/s1. The second kappa shape index (κ2) is 8.11. The number of aromatic nitrogens is 2. The van der Waals surface area contributed by atoms with Crippen molar-refractivity contribution in [3.63, 3.8) is 0 Å². The molecule has 1 atom stereocenters. The Labute approximate surface area is 151 Å². The highest BCUT2D eigenvalue weighted by atomic mass is 16.2. The van der Waals surface area contributed by atoms with Crippen LogP contribution in [0.3, 0.4) is 0 Å². The van der Waals surface area contributed by atoms with E-state index in [9.17, 15) is 9.59 Å². The topological polar surface area (TPSA) is 90.0 Å². The van der Waals surface area contributed by atoms with Crippen molar-refractivity contribution in [3.8, 4) is 5.69 Å². The van der Waals surface area contributed by atoms with Crippen molar-refractivity contribution in [1.82, 2.24) is 15.1 Å². The quantitative estimate of drug-likeness (QED) is 0.685. The molecule has 0 aliphatic heterocycles. The normalized spacial score (nSPS) is 11.7. The lowest BCUT2D eigenvalue weighted by Gasteiger charge is -2.15. The van der Waals surface area contributed by atoms with E-state index >= 15 is 0 Å². The molecule has 0 aliphatic carbocycles. The van der Waals surface area contributed by atoms with Gasteiger partial charge in [0, 0.05) is 12.6 Å². The van der Waals surface area contributed by atoms with Crippen LogP contribution >= 0.6 is 0 Å². The number of amides is 2. The highest BCUT2D eigenvalue weighted by Gasteiger charge is 2.19. The van der Waals surface area contributed by atoms with Gasteiger partial charge in [0.15, 0.2) is 0 Å². The monoisotopic (exact) mass is 348 g/mol. The van der Waals surface area contributed by atoms with Crippen LogP contribution in [0.1, 0.15) is 23.6 Å². The zero-order chi connectivity index (χ0) is 18.4. The van der Waals surface area contributed by atoms with E-state index in [0.717, 1.165) is 11.3 Å². The van der Waals surface area contributed by atoms with Gasteiger partial charge in [0.2, 0.25) is 11.8 Å². The lowest BCUT2D eigenvalue weighted by molar-refractivity contribution is -0.127. The highest BCUT2D eigenvalue weighted by molar-refractivity contribution is 5.87. The summed E-state index contributed by atoms with van der Waals surface area (Å²) < 4.78 is 1.77. The zero-order valence-electron chi connectivity index (χ0n) is 14.2. The molecule has 6 heteroatoms. The molecule has 0 radical (unpaired) electrons. The van der Waals surface area contributed by atoms with Crippen molar-refractivity contribution in [1.29, 1.82) is 0 Å². The summed E-state index contributed by atoms with van der Waals surface area (Å²) in [4.78, 5) is 23.9. The van der Waals surface area contributed by atoms with Gasteiger partial charge in [-0.05, 0) is 29.7 Å². The fraction of sp³-hybridized carbons (Fsp3) is 0.150. The van der Waals surface area contributed by atoms with Crippen LogP contribution < -0.4 is 11.1 Å². The summed E-state index contributed by atoms with van der Waals surface area (Å²) in [5.74, 6) is -0.813. The zero-order valence-corrected chi connectivity index (χ0v) is 14.2. The largest absolute Gasteiger partial charge is 0.368 e. The van der Waals surface area contributed by atoms with Crippen LogP contribution in [-0.2, 0) is 16.0 Å². The second-order valence-electron chi connectivity index (χ2n) is 5.94. The summed E-state index contributed by atoms with van der Waals surface area (Å²) in [6.45, 7) is 0. The third kappa shape index (κ3) is 4.36. The van der Waals surface area contributed by atoms with Crippen LogP contribution in [0.4, 0.5) is 0 Å². The molecule has 132 valence electrons. The van der Waals surface area contributed by atoms with E-state index in [0.29, 0.717) is 12.0 Å². The second-order valence-corrected chi connectivity index (χ2v) is 5.94. The summed E-state index contributed by atoms with van der Waals surface area (Å²) in [5.41, 5.74) is 8.00. The Bertz CT molecular complexity index is 875.